The summed E-state index contributed by atoms with van der Waals surface area (Å²) in [6, 6.07) is 4.87. The lowest BCUT2D eigenvalue weighted by molar-refractivity contribution is -0.136. The first kappa shape index (κ1) is 13.9. The molecule has 2 amide bonds. The molecular formula is C14H17ClN2O2. The summed E-state index contributed by atoms with van der Waals surface area (Å²) in [6.07, 6.45) is 0. The number of hydrogen-bond donors (Lipinski definition) is 1. The summed E-state index contributed by atoms with van der Waals surface area (Å²) >= 11 is 6.21. The van der Waals surface area contributed by atoms with Crippen molar-refractivity contribution in [2.75, 3.05) is 4.90 Å². The Morgan fingerprint density at radius 1 is 1.32 bits per heavy atom. The predicted octanol–water partition coefficient (Wildman–Crippen LogP) is 2.28. The molecule has 0 spiro atoms. The fourth-order valence-electron chi connectivity index (χ4n) is 2.19. The maximum Gasteiger partial charge on any atom is 0.252 e. The van der Waals surface area contributed by atoms with Gasteiger partial charge in [-0.05, 0) is 45.4 Å². The van der Waals surface area contributed by atoms with Crippen LogP contribution in [0.25, 0.3) is 0 Å². The van der Waals surface area contributed by atoms with Gasteiger partial charge < -0.3 is 5.32 Å². The molecule has 5 heteroatoms. The molecule has 1 saturated heterocycles. The highest BCUT2D eigenvalue weighted by Gasteiger charge is 2.44. The quantitative estimate of drug-likeness (QED) is 0.858. The first-order chi connectivity index (χ1) is 8.74. The monoisotopic (exact) mass is 280 g/mol. The molecule has 102 valence electrons. The lowest BCUT2D eigenvalue weighted by atomic mass is 9.96. The van der Waals surface area contributed by atoms with Crippen LogP contribution in [-0.4, -0.2) is 23.4 Å². The van der Waals surface area contributed by atoms with Crippen molar-refractivity contribution >= 4 is 29.1 Å². The van der Waals surface area contributed by atoms with E-state index in [0.717, 1.165) is 5.56 Å². The molecule has 1 aliphatic heterocycles. The summed E-state index contributed by atoms with van der Waals surface area (Å²) < 4.78 is 0. The van der Waals surface area contributed by atoms with Gasteiger partial charge in [0.25, 0.3) is 5.91 Å². The van der Waals surface area contributed by atoms with Crippen LogP contribution in [0.2, 0.25) is 5.02 Å². The zero-order valence-electron chi connectivity index (χ0n) is 11.5. The Labute approximate surface area is 117 Å². The zero-order valence-corrected chi connectivity index (χ0v) is 12.2. The second-order valence-corrected chi connectivity index (χ2v) is 5.83. The van der Waals surface area contributed by atoms with Crippen molar-refractivity contribution in [3.05, 3.63) is 28.8 Å². The van der Waals surface area contributed by atoms with Gasteiger partial charge in [0.2, 0.25) is 5.91 Å². The Kier molecular flexibility index (Phi) is 3.31. The van der Waals surface area contributed by atoms with Crippen molar-refractivity contribution < 1.29 is 9.59 Å². The number of halogens is 1. The van der Waals surface area contributed by atoms with E-state index >= 15 is 0 Å². The van der Waals surface area contributed by atoms with E-state index in [4.69, 9.17) is 11.6 Å². The van der Waals surface area contributed by atoms with Gasteiger partial charge in [0.1, 0.15) is 11.6 Å². The van der Waals surface area contributed by atoms with Gasteiger partial charge in [-0.15, -0.1) is 0 Å². The highest BCUT2D eigenvalue weighted by Crippen LogP contribution is 2.32. The van der Waals surface area contributed by atoms with E-state index in [0.29, 0.717) is 10.7 Å². The minimum absolute atomic E-state index is 0.162. The molecule has 0 bridgehead atoms. The molecule has 2 rings (SSSR count). The van der Waals surface area contributed by atoms with Gasteiger partial charge in [-0.25, -0.2) is 0 Å². The zero-order chi connectivity index (χ0) is 14.4. The average Bonchev–Trinajstić information content (AvgIpc) is 2.29. The van der Waals surface area contributed by atoms with Gasteiger partial charge >= 0.3 is 0 Å². The van der Waals surface area contributed by atoms with Crippen LogP contribution < -0.4 is 10.2 Å². The lowest BCUT2D eigenvalue weighted by Gasteiger charge is -2.41. The third-order valence-corrected chi connectivity index (χ3v) is 3.62. The number of rotatable bonds is 1. The predicted molar refractivity (Wildman–Crippen MR) is 75.4 cm³/mol. The molecule has 1 aliphatic rings. The van der Waals surface area contributed by atoms with Crippen LogP contribution in [0, 0.1) is 6.92 Å². The summed E-state index contributed by atoms with van der Waals surface area (Å²) in [6.45, 7) is 6.99. The number of carbonyl (C=O) groups excluding carboxylic acids is 2. The minimum atomic E-state index is -0.919. The first-order valence-electron chi connectivity index (χ1n) is 6.16. The Bertz CT molecular complexity index is 554. The van der Waals surface area contributed by atoms with Crippen molar-refractivity contribution in [3.8, 4) is 0 Å². The number of carbonyl (C=O) groups is 2. The molecule has 1 unspecified atom stereocenters. The van der Waals surface area contributed by atoms with Gasteiger partial charge in [0.05, 0.1) is 10.7 Å². The lowest BCUT2D eigenvalue weighted by Crippen LogP contribution is -2.67. The summed E-state index contributed by atoms with van der Waals surface area (Å²) in [5.74, 6) is -0.341. The molecule has 0 saturated carbocycles. The van der Waals surface area contributed by atoms with Crippen molar-refractivity contribution in [1.82, 2.24) is 5.32 Å². The van der Waals surface area contributed by atoms with Crippen LogP contribution >= 0.6 is 11.6 Å². The normalized spacial score (nSPS) is 22.4. The van der Waals surface area contributed by atoms with Gasteiger partial charge in [0.15, 0.2) is 0 Å². The van der Waals surface area contributed by atoms with Crippen LogP contribution in [0.3, 0.4) is 0 Å². The maximum absolute atomic E-state index is 12.5. The second-order valence-electron chi connectivity index (χ2n) is 5.42. The van der Waals surface area contributed by atoms with E-state index in [1.807, 2.05) is 13.0 Å². The molecule has 1 N–H and O–H groups in total. The van der Waals surface area contributed by atoms with Crippen molar-refractivity contribution in [3.63, 3.8) is 0 Å². The highest BCUT2D eigenvalue weighted by molar-refractivity contribution is 6.34. The second kappa shape index (κ2) is 4.53. The number of benzene rings is 1. The van der Waals surface area contributed by atoms with E-state index in [9.17, 15) is 9.59 Å². The van der Waals surface area contributed by atoms with Crippen LogP contribution in [0.5, 0.6) is 0 Å². The smallest absolute Gasteiger partial charge is 0.252 e. The van der Waals surface area contributed by atoms with Crippen molar-refractivity contribution in [2.45, 2.75) is 39.3 Å². The summed E-state index contributed by atoms with van der Waals surface area (Å²) in [7, 11) is 0. The third-order valence-electron chi connectivity index (χ3n) is 3.32. The molecule has 1 aromatic carbocycles. The standard InChI is InChI=1S/C14H17ClN2O2/c1-8-5-6-11(10(15)7-8)17-9(2)12(18)16-14(3,4)13(17)19/h5-7,9H,1-4H3,(H,16,18). The molecule has 0 aromatic heterocycles. The van der Waals surface area contributed by atoms with Gasteiger partial charge in [0, 0.05) is 0 Å². The highest BCUT2D eigenvalue weighted by atomic mass is 35.5. The number of aryl methyl sites for hydroxylation is 1. The fraction of sp³-hybridized carbons (Fsp3) is 0.429. The first-order valence-corrected chi connectivity index (χ1v) is 6.53. The summed E-state index contributed by atoms with van der Waals surface area (Å²) in [5, 5.41) is 3.19. The van der Waals surface area contributed by atoms with Crippen LogP contribution in [-0.2, 0) is 9.59 Å². The molecule has 19 heavy (non-hydrogen) atoms. The molecule has 1 heterocycles. The van der Waals surface area contributed by atoms with E-state index in [1.165, 1.54) is 4.90 Å². The summed E-state index contributed by atoms with van der Waals surface area (Å²) in [4.78, 5) is 25.9. The fourth-order valence-corrected chi connectivity index (χ4v) is 2.51. The SMILES string of the molecule is Cc1ccc(N2C(=O)C(C)(C)NC(=O)C2C)c(Cl)c1. The number of nitrogens with zero attached hydrogens (tertiary/aromatic N) is 1. The van der Waals surface area contributed by atoms with Gasteiger partial charge in [-0.3, -0.25) is 14.5 Å². The van der Waals surface area contributed by atoms with E-state index in [1.54, 1.807) is 32.9 Å². The van der Waals surface area contributed by atoms with E-state index in [2.05, 4.69) is 5.32 Å². The van der Waals surface area contributed by atoms with Crippen LogP contribution in [0.1, 0.15) is 26.3 Å². The molecule has 0 radical (unpaired) electrons. The summed E-state index contributed by atoms with van der Waals surface area (Å²) in [5.41, 5.74) is 0.667. The molecule has 0 aliphatic carbocycles. The molecule has 1 atom stereocenters. The molecule has 4 nitrogen and oxygen atoms in total. The van der Waals surface area contributed by atoms with Crippen molar-refractivity contribution in [2.24, 2.45) is 0 Å². The van der Waals surface area contributed by atoms with Crippen LogP contribution in [0.4, 0.5) is 5.69 Å². The Morgan fingerprint density at radius 3 is 2.53 bits per heavy atom. The topological polar surface area (TPSA) is 49.4 Å². The Hall–Kier alpha value is -1.55. The largest absolute Gasteiger partial charge is 0.340 e. The molecule has 1 fully saturated rings. The molecular weight excluding hydrogens is 264 g/mol. The third kappa shape index (κ3) is 2.32. The number of nitrogens with one attached hydrogen (secondary N) is 1. The average molecular weight is 281 g/mol. The maximum atomic E-state index is 12.5. The minimum Gasteiger partial charge on any atom is -0.340 e. The van der Waals surface area contributed by atoms with E-state index < -0.39 is 11.6 Å². The van der Waals surface area contributed by atoms with Gasteiger partial charge in [-0.1, -0.05) is 17.7 Å². The Balaban J connectivity index is 2.51. The Morgan fingerprint density at radius 2 is 1.95 bits per heavy atom. The number of hydrogen-bond acceptors (Lipinski definition) is 2. The van der Waals surface area contributed by atoms with Crippen molar-refractivity contribution in [1.29, 1.82) is 0 Å². The number of anilines is 1. The number of piperazine rings is 1. The van der Waals surface area contributed by atoms with E-state index in [-0.39, 0.29) is 11.8 Å². The van der Waals surface area contributed by atoms with Crippen LogP contribution in [0.15, 0.2) is 18.2 Å². The number of amides is 2. The molecule has 1 aromatic rings. The van der Waals surface area contributed by atoms with Gasteiger partial charge in [-0.2, -0.15) is 0 Å².